The van der Waals surface area contributed by atoms with E-state index in [-0.39, 0.29) is 200 Å². The Morgan fingerprint density at radius 2 is 0.758 bits per heavy atom. The van der Waals surface area contributed by atoms with E-state index in [1.165, 1.54) is 101 Å². The van der Waals surface area contributed by atoms with Crippen molar-refractivity contribution in [3.05, 3.63) is 257 Å². The van der Waals surface area contributed by atoms with Gasteiger partial charge in [-0.05, 0) is 202 Å². The molecule has 778 valence electrons. The van der Waals surface area contributed by atoms with Gasteiger partial charge in [0.1, 0.15) is 69.9 Å². The molecule has 4 saturated heterocycles. The van der Waals surface area contributed by atoms with E-state index in [9.17, 15) is 44.1 Å². The SMILES string of the molecule is C=CC(=O)N1CC2C(=O)N(C3CN(C)C3)c3c(c4cc(Cl)c(-c5c(O)cccc5F)c(F)c4n(-c4c(C)ccnc4C(C)C)c3=O)N2CC1C.C=CC(=O)N1CC2C(=O)N(CCN(C)C)c3c(c4cc(Cl)c(-c5c(O)cccc5F)c(F)c4n(-c4c(C)ccnc4C(C)C)c3=O)N2CC1C.C=CC(=O)N1CC2C(=O)N(CCN(C)C)c3c(c4cc(Cl)c(-c5c(O)cccc5F)nc4n(-c4c(C)ccnc4C(C)C)c3=O)N2CC1C. The lowest BCUT2D eigenvalue weighted by atomic mass is 9.93. The van der Waals surface area contributed by atoms with Gasteiger partial charge < -0.3 is 69.2 Å². The minimum atomic E-state index is -1.03. The van der Waals surface area contributed by atoms with Gasteiger partial charge in [-0.3, -0.25) is 76.7 Å². The Bertz CT molecular complexity index is 7760. The number of likely N-dealkylation sites (tertiary alicyclic amines) is 1. The number of piperazine rings is 3. The van der Waals surface area contributed by atoms with Gasteiger partial charge in [0.25, 0.3) is 34.4 Å². The van der Waals surface area contributed by atoms with E-state index in [1.807, 2.05) is 124 Å². The molecule has 3 N–H and O–H groups in total. The van der Waals surface area contributed by atoms with Crippen LogP contribution >= 0.6 is 34.8 Å². The summed E-state index contributed by atoms with van der Waals surface area (Å²) in [6.07, 6.45) is 8.54. The number of amides is 6. The van der Waals surface area contributed by atoms with E-state index >= 15 is 36.3 Å². The molecule has 6 atom stereocenters. The van der Waals surface area contributed by atoms with Crippen molar-refractivity contribution in [2.24, 2.45) is 0 Å². The molecule has 0 saturated carbocycles. The van der Waals surface area contributed by atoms with Gasteiger partial charge in [-0.15, -0.1) is 0 Å². The van der Waals surface area contributed by atoms with Gasteiger partial charge in [0, 0.05) is 123 Å². The molecule has 0 radical (unpaired) electrons. The standard InChI is InChI=1S/C37H37ClF2N6O4.C37H39ClF2N6O4.C36H39ClFN7O4/c1-7-27(48)43-17-25-36(49)45(21-15-42(6)16-21)35-34(44(25)14-20(43)5)22-13-23(38)28(29-24(39)9-8-10-26(29)47)30(40)33(22)46(37(35)50)32-19(4)11-12-41-31(32)18(2)3;1-8-27(48)44-18-25-36(49)43(15-14-42(6)7)35-34(45(25)17-21(44)5)22-16-23(38)28(29-24(39)10-9-11-26(29)47)30(40)33(22)46(37(35)50)32-20(4)12-13-41-31(32)19(2)3;1-8-27(47)43-18-25-35(48)42(15-14-41(6)7)33-32(44(25)17-21(43)5)22-16-23(37)30(28-24(38)10-9-11-26(28)46)40-34(22)45(36(33)49)31-20(4)12-13-39-29(31)19(2)3/h7-13,18,20-21,25,47H,1,14-17H2,2-6H3;8-13,16,19,21,25,47H,1,14-15,17-18H2,2-7H3;8-13,16,19,21,25,46H,1,14-15,17-18H2,2-7H3. The van der Waals surface area contributed by atoms with Gasteiger partial charge in [-0.25, -0.2) is 26.9 Å². The summed E-state index contributed by atoms with van der Waals surface area (Å²) in [5.74, 6) is -8.56. The molecule has 7 aliphatic rings. The molecular formula is C110H115Cl3F5N19O12. The second-order valence-electron chi connectivity index (χ2n) is 40.3. The molecule has 4 fully saturated rings. The Kier molecular flexibility index (Phi) is 29.3. The fourth-order valence-corrected chi connectivity index (χ4v) is 22.6. The number of halogens is 8. The van der Waals surface area contributed by atoms with E-state index in [1.54, 1.807) is 81.2 Å². The lowest BCUT2D eigenvalue weighted by Gasteiger charge is -2.53. The number of nitrogens with zero attached hydrogens (tertiary/aromatic N) is 19. The van der Waals surface area contributed by atoms with Gasteiger partial charge in [-0.1, -0.05) is 114 Å². The van der Waals surface area contributed by atoms with E-state index in [0.29, 0.717) is 88.2 Å². The van der Waals surface area contributed by atoms with Crippen molar-refractivity contribution in [2.45, 2.75) is 143 Å². The first-order valence-corrected chi connectivity index (χ1v) is 50.2. The predicted molar refractivity (Wildman–Crippen MR) is 571 cm³/mol. The molecule has 7 aromatic heterocycles. The Balaban J connectivity index is 0.000000152. The number of phenols is 3. The molecule has 149 heavy (non-hydrogen) atoms. The zero-order valence-corrected chi connectivity index (χ0v) is 87.8. The minimum Gasteiger partial charge on any atom is -0.507 e. The van der Waals surface area contributed by atoms with Crippen molar-refractivity contribution in [3.63, 3.8) is 0 Å². The summed E-state index contributed by atoms with van der Waals surface area (Å²) in [7, 11) is 9.35. The Hall–Kier alpha value is -14.4. The number of pyridine rings is 7. The summed E-state index contributed by atoms with van der Waals surface area (Å²) in [4.78, 5) is 167. The van der Waals surface area contributed by atoms with Crippen LogP contribution in [0.3, 0.4) is 0 Å². The Morgan fingerprint density at radius 3 is 1.11 bits per heavy atom. The summed E-state index contributed by atoms with van der Waals surface area (Å²) in [5.41, 5.74) is 1.95. The van der Waals surface area contributed by atoms with E-state index in [0.717, 1.165) is 17.7 Å². The average molecular weight is 2100 g/mol. The van der Waals surface area contributed by atoms with E-state index in [4.69, 9.17) is 39.8 Å². The Labute approximate surface area is 871 Å². The van der Waals surface area contributed by atoms with Gasteiger partial charge in [0.05, 0.1) is 125 Å². The third-order valence-corrected chi connectivity index (χ3v) is 29.8. The predicted octanol–water partition coefficient (Wildman–Crippen LogP) is 15.9. The maximum atomic E-state index is 17.6. The van der Waals surface area contributed by atoms with Crippen molar-refractivity contribution < 1.29 is 66.0 Å². The molecule has 0 spiro atoms. The topological polar surface area (TPSA) is 320 Å². The van der Waals surface area contributed by atoms with Crippen LogP contribution < -0.4 is 46.1 Å². The second-order valence-corrected chi connectivity index (χ2v) is 41.6. The van der Waals surface area contributed by atoms with E-state index in [2.05, 4.69) is 34.7 Å². The smallest absolute Gasteiger partial charge is 0.283 e. The molecule has 19 rings (SSSR count). The number of anilines is 6. The number of fused-ring (bicyclic) bond motifs is 15. The number of carbonyl (C=O) groups is 6. The number of aromatic nitrogens is 7. The monoisotopic (exact) mass is 2090 g/mol. The highest BCUT2D eigenvalue weighted by Crippen LogP contribution is 2.54. The van der Waals surface area contributed by atoms with Crippen molar-refractivity contribution in [2.75, 3.05) is 143 Å². The number of likely N-dealkylation sites (N-methyl/N-ethyl adjacent to an activating group) is 3. The number of carbonyl (C=O) groups excluding carboxylic acids is 6. The van der Waals surface area contributed by atoms with Gasteiger partial charge in [0.15, 0.2) is 17.3 Å². The van der Waals surface area contributed by atoms with Gasteiger partial charge >= 0.3 is 0 Å². The number of benzene rings is 5. The van der Waals surface area contributed by atoms with Crippen molar-refractivity contribution >= 4 is 137 Å². The van der Waals surface area contributed by atoms with Crippen molar-refractivity contribution in [1.29, 1.82) is 0 Å². The summed E-state index contributed by atoms with van der Waals surface area (Å²) >= 11 is 20.6. The molecule has 5 aromatic carbocycles. The third kappa shape index (κ3) is 18.1. The number of aryl methyl sites for hydroxylation is 3. The summed E-state index contributed by atoms with van der Waals surface area (Å²) in [6.45, 7) is 36.2. The molecule has 39 heteroatoms. The highest BCUT2D eigenvalue weighted by molar-refractivity contribution is 6.36. The van der Waals surface area contributed by atoms with Crippen LogP contribution in [-0.4, -0.2) is 270 Å². The first-order valence-electron chi connectivity index (χ1n) is 49.1. The number of hydrogen-bond donors (Lipinski definition) is 3. The molecule has 0 aliphatic carbocycles. The molecule has 12 aromatic rings. The van der Waals surface area contributed by atoms with Crippen LogP contribution in [0, 0.1) is 49.9 Å². The maximum absolute atomic E-state index is 17.6. The third-order valence-electron chi connectivity index (χ3n) is 28.9. The van der Waals surface area contributed by atoms with Crippen LogP contribution in [0.15, 0.2) is 162 Å². The van der Waals surface area contributed by atoms with Crippen LogP contribution in [0.1, 0.15) is 114 Å². The largest absolute Gasteiger partial charge is 0.507 e. The molecule has 7 aliphatic heterocycles. The van der Waals surface area contributed by atoms with Crippen molar-refractivity contribution in [3.8, 4) is 67.8 Å². The fraction of sp³-hybridized carbons (Fsp3) is 0.355. The first kappa shape index (κ1) is 106. The lowest BCUT2D eigenvalue weighted by Crippen LogP contribution is -2.71. The molecule has 0 bridgehead atoms. The number of aromatic hydroxyl groups is 3. The molecule has 6 amide bonds. The highest BCUT2D eigenvalue weighted by Gasteiger charge is 2.54. The number of phenolic OH excluding ortho intramolecular Hbond substituents is 3. The van der Waals surface area contributed by atoms with Crippen LogP contribution in [0.4, 0.5) is 56.1 Å². The lowest BCUT2D eigenvalue weighted by molar-refractivity contribution is -0.132. The first-order chi connectivity index (χ1) is 70.7. The normalized spacial score (nSPS) is 18.2. The number of hydrogen-bond acceptors (Lipinski definition) is 22. The van der Waals surface area contributed by atoms with Crippen LogP contribution in [-0.2, 0) is 28.8 Å². The number of rotatable bonds is 19. The highest BCUT2D eigenvalue weighted by atomic mass is 35.5. The molecule has 6 unspecified atom stereocenters. The average Bonchev–Trinajstić information content (AvgIpc) is 0.762. The quantitative estimate of drug-likeness (QED) is 0.0500. The van der Waals surface area contributed by atoms with Crippen LogP contribution in [0.2, 0.25) is 15.1 Å². The summed E-state index contributed by atoms with van der Waals surface area (Å²) in [6, 6.07) is 16.8. The molecule has 31 nitrogen and oxygen atoms in total. The summed E-state index contributed by atoms with van der Waals surface area (Å²) in [5, 5.41) is 32.8. The molecular weight excluding hydrogens is 1980 g/mol. The minimum absolute atomic E-state index is 0.00391. The summed E-state index contributed by atoms with van der Waals surface area (Å²) < 4.78 is 85.2. The second kappa shape index (κ2) is 41.2. The van der Waals surface area contributed by atoms with Crippen molar-refractivity contribution in [1.82, 2.24) is 63.0 Å². The fourth-order valence-electron chi connectivity index (χ4n) is 21.8. The van der Waals surface area contributed by atoms with Gasteiger partial charge in [-0.2, -0.15) is 0 Å². The maximum Gasteiger partial charge on any atom is 0.283 e. The van der Waals surface area contributed by atoms with E-state index < -0.39 is 110 Å². The van der Waals surface area contributed by atoms with Crippen LogP contribution in [0.25, 0.3) is 83.4 Å². The zero-order valence-electron chi connectivity index (χ0n) is 85.5. The molecule has 14 heterocycles. The Morgan fingerprint density at radius 1 is 0.430 bits per heavy atom. The van der Waals surface area contributed by atoms with Crippen LogP contribution in [0.5, 0.6) is 17.2 Å². The zero-order chi connectivity index (χ0) is 108. The van der Waals surface area contributed by atoms with Gasteiger partial charge in [0.2, 0.25) is 17.7 Å².